The summed E-state index contributed by atoms with van der Waals surface area (Å²) >= 11 is 6.25. The van der Waals surface area contributed by atoms with E-state index in [1.807, 2.05) is 44.4 Å². The summed E-state index contributed by atoms with van der Waals surface area (Å²) in [6.45, 7) is 1.53. The number of aromatic nitrogens is 3. The van der Waals surface area contributed by atoms with Crippen molar-refractivity contribution in [3.63, 3.8) is 0 Å². The van der Waals surface area contributed by atoms with Crippen LogP contribution in [0.5, 0.6) is 0 Å². The molecule has 0 aliphatic carbocycles. The Bertz CT molecular complexity index is 1610. The average Bonchev–Trinajstić information content (AvgIpc) is 3.45. The molecule has 2 fully saturated rings. The maximum atomic E-state index is 13.9. The summed E-state index contributed by atoms with van der Waals surface area (Å²) in [5.74, 6) is 0.104. The predicted octanol–water partition coefficient (Wildman–Crippen LogP) is 4.46. The second-order valence-corrected chi connectivity index (χ2v) is 12.7. The molecule has 3 aromatic rings. The lowest BCUT2D eigenvalue weighted by molar-refractivity contribution is -0.137. The van der Waals surface area contributed by atoms with Gasteiger partial charge in [-0.05, 0) is 57.5 Å². The van der Waals surface area contributed by atoms with E-state index < -0.39 is 23.8 Å². The van der Waals surface area contributed by atoms with Crippen molar-refractivity contribution in [2.45, 2.75) is 56.4 Å². The van der Waals surface area contributed by atoms with Gasteiger partial charge in [0.05, 0.1) is 22.3 Å². The summed E-state index contributed by atoms with van der Waals surface area (Å²) in [7, 11) is 5.32. The van der Waals surface area contributed by atoms with Crippen LogP contribution in [-0.4, -0.2) is 101 Å². The quantitative estimate of drug-likeness (QED) is 0.324. The van der Waals surface area contributed by atoms with Gasteiger partial charge in [-0.1, -0.05) is 41.9 Å². The molecule has 0 bridgehead atoms. The summed E-state index contributed by atoms with van der Waals surface area (Å²) < 4.78 is 43.2. The molecule has 254 valence electrons. The van der Waals surface area contributed by atoms with Crippen molar-refractivity contribution in [3.05, 3.63) is 69.1 Å². The molecule has 2 aromatic carbocycles. The third kappa shape index (κ3) is 7.92. The number of piperidine rings is 2. The SMILES string of the molecule is CNc1c(Cl)cc(C[C@@H](NC(=O)N2CCC(n3nc(-c4ccccc4)[nH]c3=O)CC2)C(=O)N2CCC(N(C)C)CC2)cc1C(F)(F)F. The van der Waals surface area contributed by atoms with Gasteiger partial charge in [0.2, 0.25) is 5.91 Å². The molecule has 3 N–H and O–H groups in total. The Morgan fingerprint density at radius 3 is 2.28 bits per heavy atom. The molecular weight excluding hydrogens is 637 g/mol. The van der Waals surface area contributed by atoms with Crippen LogP contribution < -0.4 is 16.3 Å². The maximum Gasteiger partial charge on any atom is 0.418 e. The molecule has 2 aliphatic rings. The Balaban J connectivity index is 1.31. The van der Waals surface area contributed by atoms with E-state index in [0.717, 1.165) is 24.5 Å². The fraction of sp³-hybridized carbons (Fsp3) is 0.500. The highest BCUT2D eigenvalue weighted by atomic mass is 35.5. The number of rotatable bonds is 8. The van der Waals surface area contributed by atoms with Crippen molar-refractivity contribution < 1.29 is 22.8 Å². The number of carbonyl (C=O) groups is 2. The minimum atomic E-state index is -4.68. The molecule has 47 heavy (non-hydrogen) atoms. The molecule has 0 unspecified atom stereocenters. The Morgan fingerprint density at radius 1 is 1.04 bits per heavy atom. The van der Waals surface area contributed by atoms with Crippen LogP contribution in [0.3, 0.4) is 0 Å². The van der Waals surface area contributed by atoms with Crippen LogP contribution in [0.1, 0.15) is 42.9 Å². The number of likely N-dealkylation sites (tertiary alicyclic amines) is 2. The second kappa shape index (κ2) is 14.4. The number of aromatic amines is 1. The van der Waals surface area contributed by atoms with Crippen LogP contribution >= 0.6 is 11.6 Å². The highest BCUT2D eigenvalue weighted by Gasteiger charge is 2.37. The van der Waals surface area contributed by atoms with Gasteiger partial charge in [-0.2, -0.15) is 13.2 Å². The van der Waals surface area contributed by atoms with Gasteiger partial charge in [0.1, 0.15) is 6.04 Å². The van der Waals surface area contributed by atoms with Gasteiger partial charge in [-0.15, -0.1) is 5.10 Å². The largest absolute Gasteiger partial charge is 0.418 e. The van der Waals surface area contributed by atoms with Gasteiger partial charge in [0, 0.05) is 51.3 Å². The lowest BCUT2D eigenvalue weighted by atomic mass is 9.98. The Kier molecular flexibility index (Phi) is 10.5. The summed E-state index contributed by atoms with van der Waals surface area (Å²) in [5.41, 5.74) is -0.579. The first-order valence-corrected chi connectivity index (χ1v) is 16.1. The first kappa shape index (κ1) is 34.3. The average molecular weight is 677 g/mol. The van der Waals surface area contributed by atoms with Crippen molar-refractivity contribution in [1.82, 2.24) is 34.8 Å². The van der Waals surface area contributed by atoms with Gasteiger partial charge in [0.25, 0.3) is 0 Å². The number of nitrogens with zero attached hydrogens (tertiary/aromatic N) is 5. The topological polar surface area (TPSA) is 119 Å². The van der Waals surface area contributed by atoms with Crippen LogP contribution in [0.2, 0.25) is 5.02 Å². The van der Waals surface area contributed by atoms with Crippen molar-refractivity contribution in [1.29, 1.82) is 0 Å². The standard InChI is InChI=1S/C32H40ClF3N8O3/c1-37-27-24(32(34,35)36)17-20(18-25(27)33)19-26(29(45)42-13-9-22(10-14-42)41(2)3)38-30(46)43-15-11-23(12-16-43)44-31(47)39-28(40-44)21-7-5-4-6-8-21/h4-8,17-18,22-23,26,37H,9-16,19H2,1-3H3,(H,38,46)(H,39,40,47)/t26-/m1/s1. The van der Waals surface area contributed by atoms with E-state index in [2.05, 4.69) is 25.6 Å². The molecule has 0 saturated carbocycles. The number of urea groups is 1. The summed E-state index contributed by atoms with van der Waals surface area (Å²) in [4.78, 5) is 48.2. The minimum Gasteiger partial charge on any atom is -0.386 e. The lowest BCUT2D eigenvalue weighted by Crippen LogP contribution is -2.56. The maximum absolute atomic E-state index is 13.9. The molecule has 0 radical (unpaired) electrons. The highest BCUT2D eigenvalue weighted by molar-refractivity contribution is 6.33. The summed E-state index contributed by atoms with van der Waals surface area (Å²) in [6, 6.07) is 10.1. The molecular formula is C32H40ClF3N8O3. The number of halogens is 4. The molecule has 3 amide bonds. The Hall–Kier alpha value is -4.04. The van der Waals surface area contributed by atoms with E-state index in [0.29, 0.717) is 50.9 Å². The monoisotopic (exact) mass is 676 g/mol. The smallest absolute Gasteiger partial charge is 0.386 e. The van der Waals surface area contributed by atoms with E-state index in [1.54, 1.807) is 9.80 Å². The van der Waals surface area contributed by atoms with Gasteiger partial charge >= 0.3 is 17.9 Å². The number of nitrogens with one attached hydrogen (secondary N) is 3. The van der Waals surface area contributed by atoms with E-state index in [1.165, 1.54) is 17.8 Å². The minimum absolute atomic E-state index is 0.132. The zero-order valence-electron chi connectivity index (χ0n) is 26.6. The van der Waals surface area contributed by atoms with Crippen molar-refractivity contribution >= 4 is 29.2 Å². The van der Waals surface area contributed by atoms with Crippen LogP contribution in [0.15, 0.2) is 47.3 Å². The van der Waals surface area contributed by atoms with E-state index >= 15 is 0 Å². The molecule has 2 aliphatic heterocycles. The fourth-order valence-corrected chi connectivity index (χ4v) is 6.72. The number of carbonyl (C=O) groups excluding carboxylic acids is 2. The molecule has 3 heterocycles. The number of benzene rings is 2. The molecule has 1 aromatic heterocycles. The Labute approximate surface area is 276 Å². The van der Waals surface area contributed by atoms with Gasteiger partial charge in [-0.3, -0.25) is 9.78 Å². The third-order valence-corrected chi connectivity index (χ3v) is 9.33. The number of amides is 3. The van der Waals surface area contributed by atoms with Crippen LogP contribution in [-0.2, 0) is 17.4 Å². The summed E-state index contributed by atoms with van der Waals surface area (Å²) in [6.07, 6.45) is -2.46. The zero-order valence-corrected chi connectivity index (χ0v) is 27.4. The zero-order chi connectivity index (χ0) is 33.9. The number of hydrogen-bond donors (Lipinski definition) is 3. The molecule has 0 spiro atoms. The van der Waals surface area contributed by atoms with Crippen LogP contribution in [0.4, 0.5) is 23.7 Å². The molecule has 2 saturated heterocycles. The van der Waals surface area contributed by atoms with Gasteiger partial charge in [0.15, 0.2) is 5.82 Å². The third-order valence-electron chi connectivity index (χ3n) is 9.03. The number of anilines is 1. The van der Waals surface area contributed by atoms with Crippen LogP contribution in [0, 0.1) is 0 Å². The van der Waals surface area contributed by atoms with E-state index in [4.69, 9.17) is 11.6 Å². The highest BCUT2D eigenvalue weighted by Crippen LogP contribution is 2.39. The lowest BCUT2D eigenvalue weighted by Gasteiger charge is -2.37. The summed E-state index contributed by atoms with van der Waals surface area (Å²) in [5, 5.41) is 9.68. The van der Waals surface area contributed by atoms with Gasteiger partial charge in [-0.25, -0.2) is 14.3 Å². The van der Waals surface area contributed by atoms with E-state index in [-0.39, 0.29) is 40.3 Å². The normalized spacial score (nSPS) is 17.2. The number of hydrogen-bond acceptors (Lipinski definition) is 6. The fourth-order valence-electron chi connectivity index (χ4n) is 6.38. The molecule has 11 nitrogen and oxygen atoms in total. The molecule has 15 heteroatoms. The predicted molar refractivity (Wildman–Crippen MR) is 173 cm³/mol. The number of H-pyrrole nitrogens is 1. The van der Waals surface area contributed by atoms with Crippen molar-refractivity contribution in [3.8, 4) is 11.4 Å². The van der Waals surface area contributed by atoms with Crippen molar-refractivity contribution in [2.24, 2.45) is 0 Å². The van der Waals surface area contributed by atoms with Gasteiger partial charge < -0.3 is 25.3 Å². The first-order chi connectivity index (χ1) is 22.3. The van der Waals surface area contributed by atoms with Crippen molar-refractivity contribution in [2.75, 3.05) is 52.6 Å². The molecule has 1 atom stereocenters. The first-order valence-electron chi connectivity index (χ1n) is 15.7. The van der Waals surface area contributed by atoms with Crippen LogP contribution in [0.25, 0.3) is 11.4 Å². The number of alkyl halides is 3. The molecule has 5 rings (SSSR count). The Morgan fingerprint density at radius 2 is 1.68 bits per heavy atom. The van der Waals surface area contributed by atoms with E-state index in [9.17, 15) is 27.6 Å². The second-order valence-electron chi connectivity index (χ2n) is 12.3.